The van der Waals surface area contributed by atoms with Gasteiger partial charge in [0.15, 0.2) is 11.6 Å². The Hall–Kier alpha value is -0.740. The summed E-state index contributed by atoms with van der Waals surface area (Å²) in [4.78, 5) is 0. The van der Waals surface area contributed by atoms with Crippen molar-refractivity contribution in [1.29, 1.82) is 0 Å². The van der Waals surface area contributed by atoms with E-state index >= 15 is 0 Å². The topological polar surface area (TPSA) is 21.3 Å². The van der Waals surface area contributed by atoms with Gasteiger partial charge < -0.3 is 10.1 Å². The van der Waals surface area contributed by atoms with Gasteiger partial charge in [0.1, 0.15) is 0 Å². The van der Waals surface area contributed by atoms with Crippen LogP contribution in [0.4, 0.5) is 4.39 Å². The molecule has 1 aliphatic heterocycles. The van der Waals surface area contributed by atoms with E-state index in [4.69, 9.17) is 4.74 Å². The van der Waals surface area contributed by atoms with Gasteiger partial charge in [0.25, 0.3) is 0 Å². The predicted octanol–water partition coefficient (Wildman–Crippen LogP) is 2.99. The number of rotatable bonds is 4. The van der Waals surface area contributed by atoms with E-state index < -0.39 is 0 Å². The fourth-order valence-corrected chi connectivity index (χ4v) is 3.23. The highest BCUT2D eigenvalue weighted by Gasteiger charge is 2.18. The van der Waals surface area contributed by atoms with Crippen molar-refractivity contribution in [2.75, 3.05) is 18.6 Å². The molecule has 17 heavy (non-hydrogen) atoms. The number of hydrogen-bond donors (Lipinski definition) is 1. The third kappa shape index (κ3) is 3.13. The Labute approximate surface area is 106 Å². The molecule has 1 aromatic rings. The van der Waals surface area contributed by atoms with Gasteiger partial charge in [0.05, 0.1) is 7.11 Å². The fourth-order valence-electron chi connectivity index (χ4n) is 2.06. The zero-order chi connectivity index (χ0) is 12.3. The van der Waals surface area contributed by atoms with Crippen LogP contribution in [0.5, 0.6) is 5.75 Å². The Kier molecular flexibility index (Phi) is 4.29. The largest absolute Gasteiger partial charge is 0.494 e. The molecule has 2 atom stereocenters. The molecule has 2 unspecified atom stereocenters. The number of benzene rings is 1. The SMILES string of the molecule is COc1cc(C(C)NC2CCSC2)ccc1F. The van der Waals surface area contributed by atoms with Gasteiger partial charge in [-0.05, 0) is 36.8 Å². The first kappa shape index (κ1) is 12.7. The van der Waals surface area contributed by atoms with E-state index in [9.17, 15) is 4.39 Å². The summed E-state index contributed by atoms with van der Waals surface area (Å²) >= 11 is 1.98. The molecule has 0 amide bonds. The molecule has 0 spiro atoms. The van der Waals surface area contributed by atoms with Crippen molar-refractivity contribution in [3.63, 3.8) is 0 Å². The summed E-state index contributed by atoms with van der Waals surface area (Å²) in [6.07, 6.45) is 1.22. The van der Waals surface area contributed by atoms with Gasteiger partial charge in [-0.1, -0.05) is 6.07 Å². The molecule has 0 saturated carbocycles. The lowest BCUT2D eigenvalue weighted by Gasteiger charge is -2.19. The van der Waals surface area contributed by atoms with E-state index in [-0.39, 0.29) is 11.9 Å². The van der Waals surface area contributed by atoms with Crippen LogP contribution in [0.3, 0.4) is 0 Å². The van der Waals surface area contributed by atoms with Gasteiger partial charge in [-0.3, -0.25) is 0 Å². The summed E-state index contributed by atoms with van der Waals surface area (Å²) in [5.74, 6) is 2.41. The van der Waals surface area contributed by atoms with Crippen LogP contribution in [0.1, 0.15) is 24.9 Å². The minimum absolute atomic E-state index is 0.230. The lowest BCUT2D eigenvalue weighted by atomic mass is 10.1. The van der Waals surface area contributed by atoms with Crippen molar-refractivity contribution in [2.24, 2.45) is 0 Å². The van der Waals surface area contributed by atoms with Crippen molar-refractivity contribution >= 4 is 11.8 Å². The average molecular weight is 255 g/mol. The minimum atomic E-state index is -0.306. The van der Waals surface area contributed by atoms with Crippen LogP contribution < -0.4 is 10.1 Å². The molecule has 1 fully saturated rings. The molecular formula is C13H18FNOS. The summed E-state index contributed by atoms with van der Waals surface area (Å²) in [5.41, 5.74) is 1.07. The van der Waals surface area contributed by atoms with Crippen molar-refractivity contribution in [2.45, 2.75) is 25.4 Å². The smallest absolute Gasteiger partial charge is 0.165 e. The highest BCUT2D eigenvalue weighted by Crippen LogP contribution is 2.25. The number of thioether (sulfide) groups is 1. The number of ether oxygens (including phenoxy) is 1. The Bertz CT molecular complexity index is 380. The quantitative estimate of drug-likeness (QED) is 0.893. The van der Waals surface area contributed by atoms with Crippen LogP contribution in [0, 0.1) is 5.82 Å². The first-order valence-electron chi connectivity index (χ1n) is 5.88. The van der Waals surface area contributed by atoms with E-state index in [0.717, 1.165) is 5.56 Å². The number of methoxy groups -OCH3 is 1. The Morgan fingerprint density at radius 3 is 3.00 bits per heavy atom. The molecule has 94 valence electrons. The number of halogens is 1. The van der Waals surface area contributed by atoms with Crippen LogP contribution in [0.25, 0.3) is 0 Å². The van der Waals surface area contributed by atoms with Gasteiger partial charge in [0.2, 0.25) is 0 Å². The Morgan fingerprint density at radius 2 is 2.35 bits per heavy atom. The fraction of sp³-hybridized carbons (Fsp3) is 0.538. The molecule has 2 rings (SSSR count). The second-order valence-corrected chi connectivity index (χ2v) is 5.49. The van der Waals surface area contributed by atoms with E-state index in [1.807, 2.05) is 17.8 Å². The van der Waals surface area contributed by atoms with Crippen LogP contribution in [0.2, 0.25) is 0 Å². The van der Waals surface area contributed by atoms with Gasteiger partial charge in [-0.25, -0.2) is 4.39 Å². The van der Waals surface area contributed by atoms with Crippen molar-refractivity contribution in [3.8, 4) is 5.75 Å². The normalized spacial score (nSPS) is 21.5. The molecule has 1 aliphatic rings. The maximum absolute atomic E-state index is 13.3. The van der Waals surface area contributed by atoms with Gasteiger partial charge >= 0.3 is 0 Å². The highest BCUT2D eigenvalue weighted by atomic mass is 32.2. The zero-order valence-corrected chi connectivity index (χ0v) is 11.0. The Morgan fingerprint density at radius 1 is 1.53 bits per heavy atom. The second-order valence-electron chi connectivity index (χ2n) is 4.34. The van der Waals surface area contributed by atoms with Crippen LogP contribution in [0.15, 0.2) is 18.2 Å². The van der Waals surface area contributed by atoms with E-state index in [1.165, 1.54) is 31.1 Å². The summed E-state index contributed by atoms with van der Waals surface area (Å²) < 4.78 is 18.3. The standard InChI is InChI=1S/C13H18FNOS/c1-9(15-11-5-6-17-8-11)10-3-4-12(14)13(7-10)16-2/h3-4,7,9,11,15H,5-6,8H2,1-2H3. The van der Waals surface area contributed by atoms with E-state index in [0.29, 0.717) is 11.8 Å². The molecule has 0 aromatic heterocycles. The third-order valence-corrected chi connectivity index (χ3v) is 4.25. The van der Waals surface area contributed by atoms with Gasteiger partial charge in [-0.15, -0.1) is 0 Å². The lowest BCUT2D eigenvalue weighted by molar-refractivity contribution is 0.384. The number of nitrogens with one attached hydrogen (secondary N) is 1. The summed E-state index contributed by atoms with van der Waals surface area (Å²) in [6, 6.07) is 5.86. The lowest BCUT2D eigenvalue weighted by Crippen LogP contribution is -2.31. The number of hydrogen-bond acceptors (Lipinski definition) is 3. The maximum Gasteiger partial charge on any atom is 0.165 e. The maximum atomic E-state index is 13.3. The molecule has 4 heteroatoms. The van der Waals surface area contributed by atoms with Gasteiger partial charge in [-0.2, -0.15) is 11.8 Å². The molecule has 0 bridgehead atoms. The molecule has 1 N–H and O–H groups in total. The summed E-state index contributed by atoms with van der Waals surface area (Å²) in [5, 5.41) is 3.57. The molecule has 2 nitrogen and oxygen atoms in total. The van der Waals surface area contributed by atoms with Crippen LogP contribution in [-0.2, 0) is 0 Å². The van der Waals surface area contributed by atoms with E-state index in [2.05, 4.69) is 12.2 Å². The zero-order valence-electron chi connectivity index (χ0n) is 10.2. The van der Waals surface area contributed by atoms with Crippen molar-refractivity contribution in [3.05, 3.63) is 29.6 Å². The first-order valence-corrected chi connectivity index (χ1v) is 7.03. The highest BCUT2D eigenvalue weighted by molar-refractivity contribution is 7.99. The van der Waals surface area contributed by atoms with Crippen molar-refractivity contribution < 1.29 is 9.13 Å². The molecule has 1 aromatic carbocycles. The van der Waals surface area contributed by atoms with Crippen LogP contribution >= 0.6 is 11.8 Å². The first-order chi connectivity index (χ1) is 8.20. The van der Waals surface area contributed by atoms with Crippen LogP contribution in [-0.4, -0.2) is 24.7 Å². The summed E-state index contributed by atoms with van der Waals surface area (Å²) in [6.45, 7) is 2.11. The molecule has 0 aliphatic carbocycles. The Balaban J connectivity index is 2.04. The van der Waals surface area contributed by atoms with Gasteiger partial charge in [0, 0.05) is 17.8 Å². The average Bonchev–Trinajstić information content (AvgIpc) is 2.82. The summed E-state index contributed by atoms with van der Waals surface area (Å²) in [7, 11) is 1.49. The molecule has 0 radical (unpaired) electrons. The molecule has 1 saturated heterocycles. The molecule has 1 heterocycles. The minimum Gasteiger partial charge on any atom is -0.494 e. The van der Waals surface area contributed by atoms with Crippen molar-refractivity contribution in [1.82, 2.24) is 5.32 Å². The van der Waals surface area contributed by atoms with E-state index in [1.54, 1.807) is 6.07 Å². The monoisotopic (exact) mass is 255 g/mol. The second kappa shape index (κ2) is 5.74. The predicted molar refractivity (Wildman–Crippen MR) is 70.2 cm³/mol. The molecular weight excluding hydrogens is 237 g/mol. The third-order valence-electron chi connectivity index (χ3n) is 3.09.